The molecule has 0 saturated heterocycles. The monoisotopic (exact) mass is 248 g/mol. The first-order valence-electron chi connectivity index (χ1n) is 6.01. The Morgan fingerprint density at radius 2 is 2.00 bits per heavy atom. The summed E-state index contributed by atoms with van der Waals surface area (Å²) in [5.74, 6) is 0.650. The van der Waals surface area contributed by atoms with Gasteiger partial charge in [-0.25, -0.2) is 0 Å². The van der Waals surface area contributed by atoms with Crippen LogP contribution in [0.25, 0.3) is 0 Å². The van der Waals surface area contributed by atoms with Gasteiger partial charge in [-0.1, -0.05) is 0 Å². The van der Waals surface area contributed by atoms with Crippen LogP contribution in [0.15, 0.2) is 24.3 Å². The van der Waals surface area contributed by atoms with Crippen molar-refractivity contribution >= 4 is 12.3 Å². The Hall–Kier alpha value is -2.04. The van der Waals surface area contributed by atoms with Crippen LogP contribution in [-0.2, 0) is 4.79 Å². The number of hydrogen-bond donors (Lipinski definition) is 2. The summed E-state index contributed by atoms with van der Waals surface area (Å²) in [6, 6.07) is 7.08. The normalized spacial score (nSPS) is 13.8. The summed E-state index contributed by atoms with van der Waals surface area (Å²) in [4.78, 5) is 21.7. The molecule has 1 aromatic carbocycles. The molecule has 0 aromatic heterocycles. The highest BCUT2D eigenvalue weighted by atomic mass is 16.5. The average Bonchev–Trinajstić information content (AvgIpc) is 3.19. The van der Waals surface area contributed by atoms with Gasteiger partial charge in [0, 0.05) is 18.7 Å². The van der Waals surface area contributed by atoms with Crippen LogP contribution in [0.3, 0.4) is 0 Å². The van der Waals surface area contributed by atoms with Gasteiger partial charge in [0.1, 0.15) is 5.75 Å². The van der Waals surface area contributed by atoms with Crippen molar-refractivity contribution in [3.8, 4) is 5.75 Å². The smallest absolute Gasteiger partial charge is 0.251 e. The predicted molar refractivity (Wildman–Crippen MR) is 66.5 cm³/mol. The van der Waals surface area contributed by atoms with Crippen LogP contribution >= 0.6 is 0 Å². The first kappa shape index (κ1) is 12.4. The Balaban J connectivity index is 1.79. The van der Waals surface area contributed by atoms with E-state index in [0.29, 0.717) is 31.2 Å². The summed E-state index contributed by atoms with van der Waals surface area (Å²) < 4.78 is 5.59. The van der Waals surface area contributed by atoms with Crippen molar-refractivity contribution in [2.24, 2.45) is 0 Å². The highest BCUT2D eigenvalue weighted by Gasteiger charge is 2.23. The second kappa shape index (κ2) is 6.05. The topological polar surface area (TPSA) is 67.4 Å². The van der Waals surface area contributed by atoms with Crippen LogP contribution in [0.4, 0.5) is 0 Å². The van der Waals surface area contributed by atoms with Crippen molar-refractivity contribution in [3.63, 3.8) is 0 Å². The largest absolute Gasteiger partial charge is 0.490 e. The molecule has 5 nitrogen and oxygen atoms in total. The first-order valence-corrected chi connectivity index (χ1v) is 6.01. The van der Waals surface area contributed by atoms with Crippen molar-refractivity contribution in [2.75, 3.05) is 13.1 Å². The van der Waals surface area contributed by atoms with Gasteiger partial charge in [-0.2, -0.15) is 0 Å². The summed E-state index contributed by atoms with van der Waals surface area (Å²) in [6.45, 7) is 0.843. The lowest BCUT2D eigenvalue weighted by molar-refractivity contribution is -0.109. The molecule has 1 saturated carbocycles. The Labute approximate surface area is 106 Å². The van der Waals surface area contributed by atoms with Gasteiger partial charge in [0.15, 0.2) is 0 Å². The minimum absolute atomic E-state index is 0.152. The molecule has 96 valence electrons. The van der Waals surface area contributed by atoms with Gasteiger partial charge in [0.2, 0.25) is 6.41 Å². The molecule has 0 unspecified atom stereocenters. The van der Waals surface area contributed by atoms with Crippen LogP contribution in [0.2, 0.25) is 0 Å². The molecule has 0 heterocycles. The minimum atomic E-state index is -0.152. The van der Waals surface area contributed by atoms with Crippen molar-refractivity contribution in [1.82, 2.24) is 10.6 Å². The standard InChI is InChI=1S/C13H16N2O3/c16-9-14-7-8-15-13(17)10-1-3-11(4-2-10)18-12-5-6-12/h1-4,9,12H,5-8H2,(H,14,16)(H,15,17). The number of benzene rings is 1. The maximum absolute atomic E-state index is 11.7. The second-order valence-corrected chi connectivity index (χ2v) is 4.17. The van der Waals surface area contributed by atoms with Crippen molar-refractivity contribution < 1.29 is 14.3 Å². The highest BCUT2D eigenvalue weighted by molar-refractivity contribution is 5.94. The molecule has 1 aliphatic carbocycles. The van der Waals surface area contributed by atoms with E-state index < -0.39 is 0 Å². The lowest BCUT2D eigenvalue weighted by Crippen LogP contribution is -2.31. The lowest BCUT2D eigenvalue weighted by Gasteiger charge is -2.07. The van der Waals surface area contributed by atoms with E-state index in [1.54, 1.807) is 24.3 Å². The number of rotatable bonds is 7. The molecular formula is C13H16N2O3. The van der Waals surface area contributed by atoms with Gasteiger partial charge in [-0.15, -0.1) is 0 Å². The third-order valence-corrected chi connectivity index (χ3v) is 2.58. The number of amides is 2. The molecule has 1 aromatic rings. The molecule has 5 heteroatoms. The molecular weight excluding hydrogens is 232 g/mol. The van der Waals surface area contributed by atoms with E-state index in [0.717, 1.165) is 18.6 Å². The Morgan fingerprint density at radius 3 is 2.61 bits per heavy atom. The molecule has 0 aliphatic heterocycles. The van der Waals surface area contributed by atoms with E-state index in [9.17, 15) is 9.59 Å². The van der Waals surface area contributed by atoms with E-state index >= 15 is 0 Å². The summed E-state index contributed by atoms with van der Waals surface area (Å²) >= 11 is 0. The molecule has 0 spiro atoms. The Morgan fingerprint density at radius 1 is 1.28 bits per heavy atom. The van der Waals surface area contributed by atoms with Crippen LogP contribution in [0.5, 0.6) is 5.75 Å². The zero-order chi connectivity index (χ0) is 12.8. The third kappa shape index (κ3) is 3.76. The Kier molecular flexibility index (Phi) is 4.17. The fraction of sp³-hybridized carbons (Fsp3) is 0.385. The molecule has 0 radical (unpaired) electrons. The highest BCUT2D eigenvalue weighted by Crippen LogP contribution is 2.26. The molecule has 2 rings (SSSR count). The van der Waals surface area contributed by atoms with Crippen LogP contribution < -0.4 is 15.4 Å². The number of carbonyl (C=O) groups is 2. The van der Waals surface area contributed by atoms with Crippen LogP contribution in [0, 0.1) is 0 Å². The average molecular weight is 248 g/mol. The SMILES string of the molecule is O=CNCCNC(=O)c1ccc(OC2CC2)cc1. The van der Waals surface area contributed by atoms with Crippen molar-refractivity contribution in [3.05, 3.63) is 29.8 Å². The Bertz CT molecular complexity index is 413. The van der Waals surface area contributed by atoms with Crippen molar-refractivity contribution in [1.29, 1.82) is 0 Å². The summed E-state index contributed by atoms with van der Waals surface area (Å²) in [5, 5.41) is 5.18. The molecule has 18 heavy (non-hydrogen) atoms. The number of carbonyl (C=O) groups excluding carboxylic acids is 2. The van der Waals surface area contributed by atoms with Gasteiger partial charge < -0.3 is 15.4 Å². The summed E-state index contributed by atoms with van der Waals surface area (Å²) in [5.41, 5.74) is 0.587. The van der Waals surface area contributed by atoms with Gasteiger partial charge in [-0.3, -0.25) is 9.59 Å². The van der Waals surface area contributed by atoms with E-state index in [1.807, 2.05) is 0 Å². The zero-order valence-electron chi connectivity index (χ0n) is 10.0. The molecule has 1 aliphatic rings. The first-order chi connectivity index (χ1) is 8.79. The minimum Gasteiger partial charge on any atom is -0.490 e. The van der Waals surface area contributed by atoms with E-state index in [2.05, 4.69) is 10.6 Å². The number of ether oxygens (including phenoxy) is 1. The molecule has 2 N–H and O–H groups in total. The van der Waals surface area contributed by atoms with Gasteiger partial charge in [0.25, 0.3) is 5.91 Å². The maximum atomic E-state index is 11.7. The molecule has 0 bridgehead atoms. The molecule has 2 amide bonds. The van der Waals surface area contributed by atoms with Crippen LogP contribution in [0.1, 0.15) is 23.2 Å². The maximum Gasteiger partial charge on any atom is 0.251 e. The fourth-order valence-corrected chi connectivity index (χ4v) is 1.47. The van der Waals surface area contributed by atoms with Crippen molar-refractivity contribution in [2.45, 2.75) is 18.9 Å². The molecule has 0 atom stereocenters. The lowest BCUT2D eigenvalue weighted by atomic mass is 10.2. The summed E-state index contributed by atoms with van der Waals surface area (Å²) in [6.07, 6.45) is 3.20. The van der Waals surface area contributed by atoms with Gasteiger partial charge in [-0.05, 0) is 37.1 Å². The van der Waals surface area contributed by atoms with E-state index in [-0.39, 0.29) is 5.91 Å². The van der Waals surface area contributed by atoms with Gasteiger partial charge >= 0.3 is 0 Å². The number of hydrogen-bond acceptors (Lipinski definition) is 3. The van der Waals surface area contributed by atoms with E-state index in [4.69, 9.17) is 4.74 Å². The fourth-order valence-electron chi connectivity index (χ4n) is 1.47. The predicted octanol–water partition coefficient (Wildman–Crippen LogP) is 0.704. The zero-order valence-corrected chi connectivity index (χ0v) is 10.0. The van der Waals surface area contributed by atoms with Gasteiger partial charge in [0.05, 0.1) is 6.10 Å². The van der Waals surface area contributed by atoms with Crippen LogP contribution in [-0.4, -0.2) is 31.5 Å². The summed E-state index contributed by atoms with van der Waals surface area (Å²) in [7, 11) is 0. The second-order valence-electron chi connectivity index (χ2n) is 4.17. The quantitative estimate of drug-likeness (QED) is 0.551. The number of nitrogens with one attached hydrogen (secondary N) is 2. The third-order valence-electron chi connectivity index (χ3n) is 2.58. The molecule has 1 fully saturated rings. The van der Waals surface area contributed by atoms with E-state index in [1.165, 1.54) is 0 Å².